The minimum atomic E-state index is 0.482. The summed E-state index contributed by atoms with van der Waals surface area (Å²) in [7, 11) is 0. The Morgan fingerprint density at radius 3 is 2.90 bits per heavy atom. The van der Waals surface area contributed by atoms with Gasteiger partial charge in [-0.15, -0.1) is 11.3 Å². The van der Waals surface area contributed by atoms with Crippen molar-refractivity contribution in [3.8, 4) is 11.4 Å². The Morgan fingerprint density at radius 1 is 1.30 bits per heavy atom. The Balaban J connectivity index is 2.07. The van der Waals surface area contributed by atoms with Gasteiger partial charge in [-0.3, -0.25) is 0 Å². The number of nitrogens with zero attached hydrogens (tertiary/aromatic N) is 3. The average Bonchev–Trinajstić information content (AvgIpc) is 3.07. The maximum atomic E-state index is 5.25. The lowest BCUT2D eigenvalue weighted by atomic mass is 10.1. The van der Waals surface area contributed by atoms with E-state index in [1.165, 1.54) is 0 Å². The highest BCUT2D eigenvalue weighted by Gasteiger charge is 2.09. The summed E-state index contributed by atoms with van der Waals surface area (Å²) in [6.07, 6.45) is 1.79. The van der Waals surface area contributed by atoms with Crippen molar-refractivity contribution in [2.45, 2.75) is 6.92 Å². The number of aromatic amines is 1. The number of H-pyrrole nitrogens is 1. The van der Waals surface area contributed by atoms with E-state index in [0.29, 0.717) is 4.77 Å². The van der Waals surface area contributed by atoms with Gasteiger partial charge in [0.05, 0.1) is 6.21 Å². The van der Waals surface area contributed by atoms with Gasteiger partial charge in [0.2, 0.25) is 4.77 Å². The van der Waals surface area contributed by atoms with Gasteiger partial charge in [0.1, 0.15) is 0 Å². The average molecular weight is 300 g/mol. The van der Waals surface area contributed by atoms with E-state index in [0.717, 1.165) is 21.8 Å². The molecule has 3 rings (SSSR count). The molecule has 1 N–H and O–H groups in total. The largest absolute Gasteiger partial charge is 0.250 e. The lowest BCUT2D eigenvalue weighted by Gasteiger charge is -2.03. The molecular formula is C14H12N4S2. The molecule has 0 spiro atoms. The van der Waals surface area contributed by atoms with Crippen molar-refractivity contribution in [2.75, 3.05) is 0 Å². The maximum absolute atomic E-state index is 5.25. The van der Waals surface area contributed by atoms with Gasteiger partial charge in [-0.25, -0.2) is 5.10 Å². The summed E-state index contributed by atoms with van der Waals surface area (Å²) in [6, 6.07) is 12.0. The molecule has 2 aromatic heterocycles. The van der Waals surface area contributed by atoms with Crippen LogP contribution in [0.25, 0.3) is 11.4 Å². The molecule has 0 aliphatic carbocycles. The molecule has 0 radical (unpaired) electrons. The highest BCUT2D eigenvalue weighted by Crippen LogP contribution is 2.21. The van der Waals surface area contributed by atoms with E-state index in [9.17, 15) is 0 Å². The van der Waals surface area contributed by atoms with Crippen LogP contribution in [0, 0.1) is 11.7 Å². The van der Waals surface area contributed by atoms with Gasteiger partial charge in [0.25, 0.3) is 0 Å². The second-order valence-electron chi connectivity index (χ2n) is 4.24. The van der Waals surface area contributed by atoms with E-state index in [-0.39, 0.29) is 0 Å². The molecule has 0 unspecified atom stereocenters. The number of benzene rings is 1. The van der Waals surface area contributed by atoms with Gasteiger partial charge in [-0.2, -0.15) is 14.9 Å². The lowest BCUT2D eigenvalue weighted by Crippen LogP contribution is -1.95. The molecule has 0 bridgehead atoms. The summed E-state index contributed by atoms with van der Waals surface area (Å²) < 4.78 is 2.13. The molecule has 1 aromatic carbocycles. The highest BCUT2D eigenvalue weighted by atomic mass is 32.1. The quantitative estimate of drug-likeness (QED) is 0.590. The molecule has 0 amide bonds. The topological polar surface area (TPSA) is 46.0 Å². The first-order valence-corrected chi connectivity index (χ1v) is 7.36. The molecular weight excluding hydrogens is 288 g/mol. The molecule has 0 saturated heterocycles. The van der Waals surface area contributed by atoms with E-state index in [1.54, 1.807) is 22.2 Å². The molecule has 0 fully saturated rings. The third kappa shape index (κ3) is 2.48. The maximum Gasteiger partial charge on any atom is 0.216 e. The summed E-state index contributed by atoms with van der Waals surface area (Å²) in [6.45, 7) is 2.04. The second-order valence-corrected chi connectivity index (χ2v) is 5.61. The van der Waals surface area contributed by atoms with Crippen molar-refractivity contribution in [1.29, 1.82) is 0 Å². The molecule has 0 aliphatic rings. The van der Waals surface area contributed by atoms with Crippen LogP contribution in [0.1, 0.15) is 10.4 Å². The van der Waals surface area contributed by atoms with Crippen LogP contribution < -0.4 is 0 Å². The van der Waals surface area contributed by atoms with E-state index >= 15 is 0 Å². The number of aromatic nitrogens is 3. The number of hydrogen-bond donors (Lipinski definition) is 1. The van der Waals surface area contributed by atoms with Crippen LogP contribution >= 0.6 is 23.6 Å². The minimum absolute atomic E-state index is 0.482. The first kappa shape index (κ1) is 13.0. The Hall–Kier alpha value is -2.05. The monoisotopic (exact) mass is 300 g/mol. The van der Waals surface area contributed by atoms with Gasteiger partial charge < -0.3 is 0 Å². The number of hydrogen-bond acceptors (Lipinski definition) is 4. The molecule has 6 heteroatoms. The van der Waals surface area contributed by atoms with Crippen LogP contribution in [0.4, 0.5) is 0 Å². The van der Waals surface area contributed by atoms with Gasteiger partial charge in [-0.1, -0.05) is 30.3 Å². The zero-order valence-electron chi connectivity index (χ0n) is 10.8. The zero-order chi connectivity index (χ0) is 13.9. The van der Waals surface area contributed by atoms with Crippen LogP contribution in [0.5, 0.6) is 0 Å². The Labute approximate surface area is 125 Å². The molecule has 0 saturated carbocycles. The number of nitrogens with one attached hydrogen (secondary N) is 1. The van der Waals surface area contributed by atoms with Crippen molar-refractivity contribution in [1.82, 2.24) is 14.9 Å². The molecule has 0 atom stereocenters. The molecule has 3 aromatic rings. The van der Waals surface area contributed by atoms with Gasteiger partial charge in [0.15, 0.2) is 5.82 Å². The fourth-order valence-electron chi connectivity index (χ4n) is 1.88. The van der Waals surface area contributed by atoms with Crippen molar-refractivity contribution in [3.05, 3.63) is 57.0 Å². The normalized spacial score (nSPS) is 11.2. The Bertz CT molecular complexity index is 797. The van der Waals surface area contributed by atoms with Crippen molar-refractivity contribution < 1.29 is 0 Å². The lowest BCUT2D eigenvalue weighted by molar-refractivity contribution is 0.871. The van der Waals surface area contributed by atoms with Gasteiger partial charge in [0, 0.05) is 10.4 Å². The minimum Gasteiger partial charge on any atom is -0.250 e. The van der Waals surface area contributed by atoms with E-state index in [2.05, 4.69) is 15.3 Å². The molecule has 2 heterocycles. The third-order valence-corrected chi connectivity index (χ3v) is 3.95. The van der Waals surface area contributed by atoms with Crippen LogP contribution in [0.3, 0.4) is 0 Å². The fraction of sp³-hybridized carbons (Fsp3) is 0.0714. The predicted molar refractivity (Wildman–Crippen MR) is 84.9 cm³/mol. The first-order valence-electron chi connectivity index (χ1n) is 6.07. The summed E-state index contributed by atoms with van der Waals surface area (Å²) in [5, 5.41) is 13.5. The molecule has 20 heavy (non-hydrogen) atoms. The van der Waals surface area contributed by atoms with Gasteiger partial charge >= 0.3 is 0 Å². The molecule has 4 nitrogen and oxygen atoms in total. The van der Waals surface area contributed by atoms with Crippen molar-refractivity contribution in [2.24, 2.45) is 5.10 Å². The zero-order valence-corrected chi connectivity index (χ0v) is 12.4. The van der Waals surface area contributed by atoms with E-state index in [4.69, 9.17) is 12.2 Å². The SMILES string of the molecule is Cc1ccccc1-c1n[nH]c(=S)n1/N=C/c1cccs1. The summed E-state index contributed by atoms with van der Waals surface area (Å²) >= 11 is 6.87. The number of rotatable bonds is 3. The highest BCUT2D eigenvalue weighted by molar-refractivity contribution is 7.71. The van der Waals surface area contributed by atoms with Gasteiger partial charge in [-0.05, 0) is 36.2 Å². The summed E-state index contributed by atoms with van der Waals surface area (Å²) in [4.78, 5) is 1.07. The summed E-state index contributed by atoms with van der Waals surface area (Å²) in [5.41, 5.74) is 2.15. The van der Waals surface area contributed by atoms with Crippen molar-refractivity contribution >= 4 is 29.8 Å². The van der Waals surface area contributed by atoms with Crippen LogP contribution in [-0.4, -0.2) is 21.1 Å². The van der Waals surface area contributed by atoms with E-state index in [1.807, 2.05) is 48.7 Å². The first-order chi connectivity index (χ1) is 9.75. The smallest absolute Gasteiger partial charge is 0.216 e. The predicted octanol–water partition coefficient (Wildman–Crippen LogP) is 3.86. The standard InChI is InChI=1S/C14H12N4S2/c1-10-5-2-3-7-12(10)13-16-17-14(19)18(13)15-9-11-6-4-8-20-11/h2-9H,1H3,(H,17,19)/b15-9+. The van der Waals surface area contributed by atoms with Crippen LogP contribution in [-0.2, 0) is 0 Å². The number of aryl methyl sites for hydroxylation is 1. The second kappa shape index (κ2) is 5.52. The number of thiophene rings is 1. The van der Waals surface area contributed by atoms with Crippen LogP contribution in [0.15, 0.2) is 46.9 Å². The summed E-state index contributed by atoms with van der Waals surface area (Å²) in [5.74, 6) is 0.723. The fourth-order valence-corrected chi connectivity index (χ4v) is 2.63. The van der Waals surface area contributed by atoms with Crippen molar-refractivity contribution in [3.63, 3.8) is 0 Å². The molecule has 0 aliphatic heterocycles. The Morgan fingerprint density at radius 2 is 2.15 bits per heavy atom. The van der Waals surface area contributed by atoms with E-state index < -0.39 is 0 Å². The molecule has 100 valence electrons. The van der Waals surface area contributed by atoms with Crippen LogP contribution in [0.2, 0.25) is 0 Å². The third-order valence-electron chi connectivity index (χ3n) is 2.88. The Kier molecular flexibility index (Phi) is 3.58.